The molecule has 0 spiro atoms. The van der Waals surface area contributed by atoms with Gasteiger partial charge in [0.2, 0.25) is 0 Å². The molecule has 0 amide bonds. The van der Waals surface area contributed by atoms with Crippen LogP contribution in [-0.4, -0.2) is 24.7 Å². The van der Waals surface area contributed by atoms with E-state index in [4.69, 9.17) is 5.11 Å². The van der Waals surface area contributed by atoms with Gasteiger partial charge < -0.3 is 10.4 Å². The summed E-state index contributed by atoms with van der Waals surface area (Å²) in [6, 6.07) is 0. The maximum atomic E-state index is 9.98. The summed E-state index contributed by atoms with van der Waals surface area (Å²) in [4.78, 5) is 9.98. The van der Waals surface area contributed by atoms with Crippen LogP contribution in [0.2, 0.25) is 0 Å². The highest BCUT2D eigenvalue weighted by atomic mass is 16.4. The molecule has 0 aliphatic rings. The first-order chi connectivity index (χ1) is 4.16. The molecule has 0 aromatic carbocycles. The van der Waals surface area contributed by atoms with Crippen LogP contribution in [0.1, 0.15) is 6.92 Å². The first-order valence-corrected chi connectivity index (χ1v) is 2.71. The van der Waals surface area contributed by atoms with E-state index in [1.54, 1.807) is 14.0 Å². The minimum absolute atomic E-state index is 0.631. The molecule has 2 N–H and O–H groups in total. The van der Waals surface area contributed by atoms with Gasteiger partial charge in [0.15, 0.2) is 0 Å². The van der Waals surface area contributed by atoms with E-state index in [1.165, 1.54) is 6.08 Å². The molecule has 0 heterocycles. The summed E-state index contributed by atoms with van der Waals surface area (Å²) in [6.45, 7) is 2.40. The molecular weight excluding hydrogens is 118 g/mol. The summed E-state index contributed by atoms with van der Waals surface area (Å²) in [5.74, 6) is -0.886. The third-order valence-electron chi connectivity index (χ3n) is 0.825. The molecule has 0 aromatic rings. The van der Waals surface area contributed by atoms with Gasteiger partial charge in [-0.2, -0.15) is 0 Å². The SMILES string of the molecule is CNCC(C)=CC(=O)O. The number of carboxylic acids is 1. The number of carbonyl (C=O) groups is 1. The van der Waals surface area contributed by atoms with Crippen LogP contribution >= 0.6 is 0 Å². The highest BCUT2D eigenvalue weighted by molar-refractivity contribution is 5.80. The lowest BCUT2D eigenvalue weighted by Gasteiger charge is -1.94. The maximum absolute atomic E-state index is 9.98. The Morgan fingerprint density at radius 1 is 1.78 bits per heavy atom. The zero-order valence-electron chi connectivity index (χ0n) is 5.64. The number of carboxylic acid groups (broad SMARTS) is 1. The van der Waals surface area contributed by atoms with Gasteiger partial charge in [-0.05, 0) is 14.0 Å². The summed E-state index contributed by atoms with van der Waals surface area (Å²) < 4.78 is 0. The monoisotopic (exact) mass is 129 g/mol. The second kappa shape index (κ2) is 4.09. The molecule has 0 saturated carbocycles. The average Bonchev–Trinajstić information content (AvgIpc) is 1.63. The first kappa shape index (κ1) is 8.17. The Morgan fingerprint density at radius 3 is 2.67 bits per heavy atom. The smallest absolute Gasteiger partial charge is 0.328 e. The van der Waals surface area contributed by atoms with Crippen molar-refractivity contribution in [3.8, 4) is 0 Å². The van der Waals surface area contributed by atoms with Crippen LogP contribution in [0.15, 0.2) is 11.6 Å². The molecule has 3 heteroatoms. The fraction of sp³-hybridized carbons (Fsp3) is 0.500. The summed E-state index contributed by atoms with van der Waals surface area (Å²) in [5.41, 5.74) is 0.824. The number of likely N-dealkylation sites (N-methyl/N-ethyl adjacent to an activating group) is 1. The molecule has 0 aromatic heterocycles. The topological polar surface area (TPSA) is 49.3 Å². The van der Waals surface area contributed by atoms with Crippen molar-refractivity contribution in [3.63, 3.8) is 0 Å². The molecule has 0 bridgehead atoms. The largest absolute Gasteiger partial charge is 0.478 e. The van der Waals surface area contributed by atoms with Crippen LogP contribution in [0.25, 0.3) is 0 Å². The van der Waals surface area contributed by atoms with Gasteiger partial charge in [0.05, 0.1) is 0 Å². The summed E-state index contributed by atoms with van der Waals surface area (Å²) in [7, 11) is 1.78. The number of nitrogens with one attached hydrogen (secondary N) is 1. The molecule has 0 radical (unpaired) electrons. The molecule has 0 fully saturated rings. The van der Waals surface area contributed by atoms with E-state index in [-0.39, 0.29) is 0 Å². The van der Waals surface area contributed by atoms with Gasteiger partial charge in [0.25, 0.3) is 0 Å². The summed E-state index contributed by atoms with van der Waals surface area (Å²) in [6.07, 6.45) is 1.19. The van der Waals surface area contributed by atoms with Gasteiger partial charge in [-0.15, -0.1) is 0 Å². The van der Waals surface area contributed by atoms with E-state index in [0.29, 0.717) is 6.54 Å². The normalized spacial score (nSPS) is 11.6. The Morgan fingerprint density at radius 2 is 2.33 bits per heavy atom. The number of hydrogen-bond acceptors (Lipinski definition) is 2. The van der Waals surface area contributed by atoms with Gasteiger partial charge >= 0.3 is 5.97 Å². The lowest BCUT2D eigenvalue weighted by atomic mass is 10.3. The lowest BCUT2D eigenvalue weighted by Crippen LogP contribution is -2.09. The van der Waals surface area contributed by atoms with Crippen molar-refractivity contribution in [2.24, 2.45) is 0 Å². The third-order valence-corrected chi connectivity index (χ3v) is 0.825. The number of rotatable bonds is 3. The van der Waals surface area contributed by atoms with Crippen LogP contribution < -0.4 is 5.32 Å². The van der Waals surface area contributed by atoms with Crippen LogP contribution in [0.4, 0.5) is 0 Å². The molecule has 52 valence electrons. The molecule has 0 rings (SSSR count). The van der Waals surface area contributed by atoms with Gasteiger partial charge in [-0.25, -0.2) is 4.79 Å². The second-order valence-electron chi connectivity index (χ2n) is 1.86. The Labute approximate surface area is 54.4 Å². The van der Waals surface area contributed by atoms with E-state index in [2.05, 4.69) is 5.32 Å². The van der Waals surface area contributed by atoms with Crippen LogP contribution in [-0.2, 0) is 4.79 Å². The van der Waals surface area contributed by atoms with Gasteiger partial charge in [0.1, 0.15) is 0 Å². The van der Waals surface area contributed by atoms with E-state index in [9.17, 15) is 4.79 Å². The zero-order valence-corrected chi connectivity index (χ0v) is 5.64. The van der Waals surface area contributed by atoms with Gasteiger partial charge in [-0.1, -0.05) is 5.57 Å². The van der Waals surface area contributed by atoms with Gasteiger partial charge in [-0.3, -0.25) is 0 Å². The van der Waals surface area contributed by atoms with Crippen LogP contribution in [0.5, 0.6) is 0 Å². The fourth-order valence-corrected chi connectivity index (χ4v) is 0.541. The summed E-state index contributed by atoms with van der Waals surface area (Å²) >= 11 is 0. The number of aliphatic carboxylic acids is 1. The highest BCUT2D eigenvalue weighted by Gasteiger charge is 1.90. The Kier molecular flexibility index (Phi) is 3.71. The lowest BCUT2D eigenvalue weighted by molar-refractivity contribution is -0.131. The Hall–Kier alpha value is -0.830. The highest BCUT2D eigenvalue weighted by Crippen LogP contribution is 1.87. The van der Waals surface area contributed by atoms with E-state index >= 15 is 0 Å². The molecule has 3 nitrogen and oxygen atoms in total. The first-order valence-electron chi connectivity index (χ1n) is 2.71. The average molecular weight is 129 g/mol. The molecule has 0 atom stereocenters. The van der Waals surface area contributed by atoms with E-state index < -0.39 is 5.97 Å². The molecule has 0 aliphatic heterocycles. The minimum Gasteiger partial charge on any atom is -0.478 e. The molecule has 0 saturated heterocycles. The Bertz CT molecular complexity index is 129. The van der Waals surface area contributed by atoms with Crippen molar-refractivity contribution in [1.29, 1.82) is 0 Å². The Balaban J connectivity index is 3.69. The number of hydrogen-bond donors (Lipinski definition) is 2. The van der Waals surface area contributed by atoms with Crippen molar-refractivity contribution >= 4 is 5.97 Å². The van der Waals surface area contributed by atoms with Gasteiger partial charge in [0, 0.05) is 12.6 Å². The van der Waals surface area contributed by atoms with Crippen molar-refractivity contribution < 1.29 is 9.90 Å². The summed E-state index contributed by atoms with van der Waals surface area (Å²) in [5, 5.41) is 11.0. The molecule has 0 aliphatic carbocycles. The maximum Gasteiger partial charge on any atom is 0.328 e. The van der Waals surface area contributed by atoms with E-state index in [0.717, 1.165) is 5.57 Å². The van der Waals surface area contributed by atoms with Crippen LogP contribution in [0, 0.1) is 0 Å². The fourth-order valence-electron chi connectivity index (χ4n) is 0.541. The molecule has 0 unspecified atom stereocenters. The van der Waals surface area contributed by atoms with Crippen molar-refractivity contribution in [2.75, 3.05) is 13.6 Å². The van der Waals surface area contributed by atoms with Crippen molar-refractivity contribution in [2.45, 2.75) is 6.92 Å². The molecular formula is C6H11NO2. The second-order valence-corrected chi connectivity index (χ2v) is 1.86. The van der Waals surface area contributed by atoms with Crippen molar-refractivity contribution in [1.82, 2.24) is 5.32 Å². The quantitative estimate of drug-likeness (QED) is 0.536. The standard InChI is InChI=1S/C6H11NO2/c1-5(4-7-2)3-6(8)9/h3,7H,4H2,1-2H3,(H,8,9). The predicted octanol–water partition coefficient (Wildman–Crippen LogP) is 0.237. The minimum atomic E-state index is -0.886. The molecule has 9 heavy (non-hydrogen) atoms. The third kappa shape index (κ3) is 5.03. The van der Waals surface area contributed by atoms with E-state index in [1.807, 2.05) is 0 Å². The predicted molar refractivity (Wildman–Crippen MR) is 35.3 cm³/mol. The van der Waals surface area contributed by atoms with Crippen molar-refractivity contribution in [3.05, 3.63) is 11.6 Å². The zero-order chi connectivity index (χ0) is 7.28. The van der Waals surface area contributed by atoms with Crippen LogP contribution in [0.3, 0.4) is 0 Å².